The zero-order chi connectivity index (χ0) is 7.72. The van der Waals surface area contributed by atoms with Crippen molar-refractivity contribution >= 4 is 17.4 Å². The van der Waals surface area contributed by atoms with Gasteiger partial charge in [-0.05, 0) is 6.92 Å². The van der Waals surface area contributed by atoms with Crippen LogP contribution >= 0.6 is 11.6 Å². The maximum Gasteiger partial charge on any atom is 0.165 e. The van der Waals surface area contributed by atoms with Crippen molar-refractivity contribution in [3.8, 4) is 0 Å². The van der Waals surface area contributed by atoms with Crippen molar-refractivity contribution in [2.24, 2.45) is 0 Å². The van der Waals surface area contributed by atoms with E-state index in [-0.39, 0.29) is 0 Å². The molecule has 0 bridgehead atoms. The van der Waals surface area contributed by atoms with E-state index in [0.29, 0.717) is 5.15 Å². The van der Waals surface area contributed by atoms with Crippen LogP contribution in [0.2, 0.25) is 5.15 Å². The molecular formula is C6H10ClN3. The highest BCUT2D eigenvalue weighted by Gasteiger charge is 2.05. The fourth-order valence-corrected chi connectivity index (χ4v) is 1.09. The molecule has 10 heavy (non-hydrogen) atoms. The third kappa shape index (κ3) is 1.24. The summed E-state index contributed by atoms with van der Waals surface area (Å²) in [5.41, 5.74) is 0. The van der Waals surface area contributed by atoms with Gasteiger partial charge in [-0.25, -0.2) is 4.98 Å². The Labute approximate surface area is 65.0 Å². The number of aromatic nitrogens is 2. The van der Waals surface area contributed by atoms with Crippen molar-refractivity contribution in [1.29, 1.82) is 0 Å². The first-order valence-corrected chi connectivity index (χ1v) is 3.38. The molecule has 0 spiro atoms. The third-order valence-corrected chi connectivity index (χ3v) is 1.45. The van der Waals surface area contributed by atoms with E-state index in [9.17, 15) is 0 Å². The second-order valence-electron chi connectivity index (χ2n) is 2.35. The van der Waals surface area contributed by atoms with Crippen molar-refractivity contribution < 1.29 is 0 Å². The van der Waals surface area contributed by atoms with E-state index in [1.165, 1.54) is 0 Å². The number of halogens is 1. The molecular weight excluding hydrogens is 150 g/mol. The molecule has 0 fully saturated rings. The summed E-state index contributed by atoms with van der Waals surface area (Å²) in [5, 5.41) is 0.600. The second-order valence-corrected chi connectivity index (χ2v) is 2.73. The minimum atomic E-state index is 0.600. The first-order chi connectivity index (χ1) is 4.61. The van der Waals surface area contributed by atoms with Gasteiger partial charge in [0.05, 0.1) is 0 Å². The number of hydrogen-bond donors (Lipinski definition) is 1. The lowest BCUT2D eigenvalue weighted by molar-refractivity contribution is 1.07. The van der Waals surface area contributed by atoms with Gasteiger partial charge in [-0.2, -0.15) is 0 Å². The molecule has 1 aromatic heterocycles. The Bertz CT molecular complexity index is 229. The number of aromatic amines is 1. The van der Waals surface area contributed by atoms with Crippen LogP contribution in [0.15, 0.2) is 0 Å². The lowest BCUT2D eigenvalue weighted by Crippen LogP contribution is -2.09. The van der Waals surface area contributed by atoms with Crippen LogP contribution in [0.1, 0.15) is 5.82 Å². The van der Waals surface area contributed by atoms with Crippen LogP contribution in [0.25, 0.3) is 0 Å². The molecule has 4 heteroatoms. The average molecular weight is 160 g/mol. The summed E-state index contributed by atoms with van der Waals surface area (Å²) in [4.78, 5) is 8.92. The number of nitrogens with one attached hydrogen (secondary N) is 1. The van der Waals surface area contributed by atoms with Gasteiger partial charge in [-0.1, -0.05) is 11.6 Å². The zero-order valence-electron chi connectivity index (χ0n) is 6.27. The Morgan fingerprint density at radius 1 is 1.50 bits per heavy atom. The van der Waals surface area contributed by atoms with Crippen molar-refractivity contribution in [1.82, 2.24) is 9.97 Å². The fourth-order valence-electron chi connectivity index (χ4n) is 0.747. The van der Waals surface area contributed by atoms with E-state index >= 15 is 0 Å². The first kappa shape index (κ1) is 7.41. The van der Waals surface area contributed by atoms with Crippen LogP contribution < -0.4 is 4.90 Å². The number of aryl methyl sites for hydroxylation is 1. The molecule has 0 aliphatic carbocycles. The Kier molecular flexibility index (Phi) is 1.85. The molecule has 0 aromatic carbocycles. The van der Waals surface area contributed by atoms with E-state index in [1.54, 1.807) is 0 Å². The molecule has 0 unspecified atom stereocenters. The molecule has 0 saturated carbocycles. The number of H-pyrrole nitrogens is 1. The van der Waals surface area contributed by atoms with Crippen molar-refractivity contribution in [3.63, 3.8) is 0 Å². The Morgan fingerprint density at radius 2 is 2.10 bits per heavy atom. The molecule has 1 aromatic rings. The predicted octanol–water partition coefficient (Wildman–Crippen LogP) is 1.44. The molecule has 0 aliphatic heterocycles. The zero-order valence-corrected chi connectivity index (χ0v) is 7.03. The van der Waals surface area contributed by atoms with Crippen molar-refractivity contribution in [3.05, 3.63) is 11.0 Å². The summed E-state index contributed by atoms with van der Waals surface area (Å²) in [7, 11) is 3.81. The summed E-state index contributed by atoms with van der Waals surface area (Å²) < 4.78 is 0. The Morgan fingerprint density at radius 3 is 2.30 bits per heavy atom. The predicted molar refractivity (Wildman–Crippen MR) is 42.7 cm³/mol. The van der Waals surface area contributed by atoms with Crippen LogP contribution in [0, 0.1) is 6.92 Å². The lowest BCUT2D eigenvalue weighted by Gasteiger charge is -2.06. The normalized spacial score (nSPS) is 10.0. The van der Waals surface area contributed by atoms with Crippen LogP contribution in [0.5, 0.6) is 0 Å². The molecule has 0 amide bonds. The van der Waals surface area contributed by atoms with Gasteiger partial charge in [-0.3, -0.25) is 0 Å². The van der Waals surface area contributed by atoms with Gasteiger partial charge in [0.2, 0.25) is 0 Å². The number of nitrogens with zero attached hydrogens (tertiary/aromatic N) is 2. The van der Waals surface area contributed by atoms with Crippen LogP contribution in [0.3, 0.4) is 0 Å². The molecule has 0 atom stereocenters. The highest BCUT2D eigenvalue weighted by Crippen LogP contribution is 2.19. The summed E-state index contributed by atoms with van der Waals surface area (Å²) in [6.45, 7) is 1.87. The number of anilines is 1. The van der Waals surface area contributed by atoms with E-state index < -0.39 is 0 Å². The molecule has 1 N–H and O–H groups in total. The van der Waals surface area contributed by atoms with Gasteiger partial charge in [0.1, 0.15) is 5.82 Å². The molecule has 1 rings (SSSR count). The largest absolute Gasteiger partial charge is 0.360 e. The molecule has 0 radical (unpaired) electrons. The van der Waals surface area contributed by atoms with E-state index in [4.69, 9.17) is 11.6 Å². The summed E-state index contributed by atoms with van der Waals surface area (Å²) >= 11 is 5.78. The first-order valence-electron chi connectivity index (χ1n) is 3.00. The molecule has 0 aliphatic rings. The Balaban J connectivity index is 3.03. The third-order valence-electron chi connectivity index (χ3n) is 1.18. The van der Waals surface area contributed by atoms with Crippen LogP contribution in [-0.4, -0.2) is 24.1 Å². The van der Waals surface area contributed by atoms with Crippen molar-refractivity contribution in [2.45, 2.75) is 6.92 Å². The molecule has 56 valence electrons. The van der Waals surface area contributed by atoms with E-state index in [0.717, 1.165) is 11.6 Å². The van der Waals surface area contributed by atoms with Gasteiger partial charge in [0.25, 0.3) is 0 Å². The smallest absolute Gasteiger partial charge is 0.165 e. The quantitative estimate of drug-likeness (QED) is 0.673. The molecule has 0 saturated heterocycles. The maximum atomic E-state index is 5.78. The summed E-state index contributed by atoms with van der Waals surface area (Å²) in [6, 6.07) is 0. The van der Waals surface area contributed by atoms with E-state index in [1.807, 2.05) is 25.9 Å². The highest BCUT2D eigenvalue weighted by molar-refractivity contribution is 6.31. The standard InChI is InChI=1S/C6H10ClN3/c1-4-8-5(7)6(9-4)10(2)3/h1-3H3,(H,8,9). The fraction of sp³-hybridized carbons (Fsp3) is 0.500. The number of hydrogen-bond acceptors (Lipinski definition) is 2. The van der Waals surface area contributed by atoms with Gasteiger partial charge in [0.15, 0.2) is 11.0 Å². The molecule has 3 nitrogen and oxygen atoms in total. The topological polar surface area (TPSA) is 31.9 Å². The Hall–Kier alpha value is -0.700. The van der Waals surface area contributed by atoms with Gasteiger partial charge in [0, 0.05) is 14.1 Å². The lowest BCUT2D eigenvalue weighted by atomic mass is 10.7. The summed E-state index contributed by atoms with van der Waals surface area (Å²) in [5.74, 6) is 1.63. The SMILES string of the molecule is Cc1nc(N(C)C)c(Cl)[nH]1. The van der Waals surface area contributed by atoms with Crippen molar-refractivity contribution in [2.75, 3.05) is 19.0 Å². The van der Waals surface area contributed by atoms with Crippen LogP contribution in [0.4, 0.5) is 5.82 Å². The number of rotatable bonds is 1. The summed E-state index contributed by atoms with van der Waals surface area (Å²) in [6.07, 6.45) is 0. The van der Waals surface area contributed by atoms with Gasteiger partial charge in [-0.15, -0.1) is 0 Å². The van der Waals surface area contributed by atoms with Gasteiger partial charge < -0.3 is 9.88 Å². The monoisotopic (exact) mass is 159 g/mol. The van der Waals surface area contributed by atoms with Crippen LogP contribution in [-0.2, 0) is 0 Å². The number of imidazole rings is 1. The van der Waals surface area contributed by atoms with E-state index in [2.05, 4.69) is 9.97 Å². The highest BCUT2D eigenvalue weighted by atomic mass is 35.5. The molecule has 1 heterocycles. The van der Waals surface area contributed by atoms with Gasteiger partial charge >= 0.3 is 0 Å². The second kappa shape index (κ2) is 2.50. The minimum absolute atomic E-state index is 0.600. The minimum Gasteiger partial charge on any atom is -0.360 e. The average Bonchev–Trinajstić information content (AvgIpc) is 2.10. The maximum absolute atomic E-state index is 5.78.